The van der Waals surface area contributed by atoms with Crippen molar-refractivity contribution < 1.29 is 14.3 Å². The van der Waals surface area contributed by atoms with Gasteiger partial charge in [-0.1, -0.05) is 41.9 Å². The number of aryl methyl sites for hydroxylation is 1. The monoisotopic (exact) mass is 448 g/mol. The first-order valence-corrected chi connectivity index (χ1v) is 10.7. The van der Waals surface area contributed by atoms with E-state index in [4.69, 9.17) is 21.1 Å². The predicted molar refractivity (Wildman–Crippen MR) is 128 cm³/mol. The second kappa shape index (κ2) is 9.37. The summed E-state index contributed by atoms with van der Waals surface area (Å²) in [5, 5.41) is 1.74. The molecule has 1 N–H and O–H groups in total. The third-order valence-corrected chi connectivity index (χ3v) is 6.04. The lowest BCUT2D eigenvalue weighted by Gasteiger charge is -2.29. The fraction of sp³-hybridized carbons (Fsp3) is 0.192. The molecule has 1 aromatic heterocycles. The highest BCUT2D eigenvalue weighted by molar-refractivity contribution is 6.31. The van der Waals surface area contributed by atoms with Gasteiger partial charge < -0.3 is 19.4 Å². The van der Waals surface area contributed by atoms with E-state index in [1.54, 1.807) is 31.2 Å². The van der Waals surface area contributed by atoms with Crippen LogP contribution in [0.2, 0.25) is 5.02 Å². The van der Waals surface area contributed by atoms with Gasteiger partial charge in [-0.2, -0.15) is 0 Å². The summed E-state index contributed by atoms with van der Waals surface area (Å²) in [6.45, 7) is 1.83. The Labute approximate surface area is 192 Å². The van der Waals surface area contributed by atoms with Crippen LogP contribution in [0.4, 0.5) is 0 Å². The van der Waals surface area contributed by atoms with E-state index in [0.717, 1.165) is 33.3 Å². The molecular weight excluding hydrogens is 424 g/mol. The van der Waals surface area contributed by atoms with Crippen molar-refractivity contribution in [2.75, 3.05) is 20.8 Å². The Balaban J connectivity index is 1.63. The lowest BCUT2D eigenvalue weighted by atomic mass is 9.96. The molecule has 4 aromatic rings. The molecule has 0 saturated carbocycles. The van der Waals surface area contributed by atoms with Crippen molar-refractivity contribution in [1.82, 2.24) is 9.88 Å². The van der Waals surface area contributed by atoms with Gasteiger partial charge in [0, 0.05) is 34.7 Å². The largest absolute Gasteiger partial charge is 0.497 e. The molecule has 3 aromatic carbocycles. The average Bonchev–Trinajstić information content (AvgIpc) is 3.24. The minimum Gasteiger partial charge on any atom is -0.497 e. The SMILES string of the molecule is COc1ccc(C(c2c[nH]c3ccccc23)N(C)C(=O)COc2ccc(Cl)c(C)c2)cc1. The Morgan fingerprint density at radius 2 is 1.78 bits per heavy atom. The quantitative estimate of drug-likeness (QED) is 0.390. The molecular formula is C26H25ClN2O3. The van der Waals surface area contributed by atoms with Crippen LogP contribution < -0.4 is 9.47 Å². The fourth-order valence-electron chi connectivity index (χ4n) is 3.82. The number of ether oxygens (including phenoxy) is 2. The lowest BCUT2D eigenvalue weighted by Crippen LogP contribution is -2.35. The topological polar surface area (TPSA) is 54.6 Å². The van der Waals surface area contributed by atoms with Crippen LogP contribution >= 0.6 is 11.6 Å². The molecule has 6 heteroatoms. The van der Waals surface area contributed by atoms with E-state index in [9.17, 15) is 4.79 Å². The molecule has 1 unspecified atom stereocenters. The summed E-state index contributed by atoms with van der Waals surface area (Å²) < 4.78 is 11.1. The minimum absolute atomic E-state index is 0.0768. The number of likely N-dealkylation sites (N-methyl/N-ethyl adjacent to an activating group) is 1. The number of aromatic nitrogens is 1. The maximum Gasteiger partial charge on any atom is 0.261 e. The molecule has 164 valence electrons. The Morgan fingerprint density at radius 1 is 1.06 bits per heavy atom. The number of hydrogen-bond acceptors (Lipinski definition) is 3. The van der Waals surface area contributed by atoms with Gasteiger partial charge in [0.25, 0.3) is 5.91 Å². The Morgan fingerprint density at radius 3 is 2.50 bits per heavy atom. The molecule has 0 saturated heterocycles. The van der Waals surface area contributed by atoms with E-state index < -0.39 is 0 Å². The summed E-state index contributed by atoms with van der Waals surface area (Å²) in [4.78, 5) is 18.2. The van der Waals surface area contributed by atoms with Crippen LogP contribution in [0.3, 0.4) is 0 Å². The number of benzene rings is 3. The third kappa shape index (κ3) is 4.43. The number of hydrogen-bond donors (Lipinski definition) is 1. The summed E-state index contributed by atoms with van der Waals surface area (Å²) in [6.07, 6.45) is 1.97. The highest BCUT2D eigenvalue weighted by atomic mass is 35.5. The molecule has 0 aliphatic heterocycles. The first-order chi connectivity index (χ1) is 15.5. The van der Waals surface area contributed by atoms with Gasteiger partial charge >= 0.3 is 0 Å². The van der Waals surface area contributed by atoms with Gasteiger partial charge in [0.1, 0.15) is 11.5 Å². The number of nitrogens with one attached hydrogen (secondary N) is 1. The molecule has 0 spiro atoms. The number of halogens is 1. The average molecular weight is 449 g/mol. The zero-order chi connectivity index (χ0) is 22.7. The zero-order valence-electron chi connectivity index (χ0n) is 18.3. The van der Waals surface area contributed by atoms with E-state index in [1.165, 1.54) is 0 Å². The van der Waals surface area contributed by atoms with Crippen molar-refractivity contribution in [3.05, 3.63) is 94.6 Å². The van der Waals surface area contributed by atoms with Crippen molar-refractivity contribution >= 4 is 28.4 Å². The summed E-state index contributed by atoms with van der Waals surface area (Å²) >= 11 is 6.09. The highest BCUT2D eigenvalue weighted by Crippen LogP contribution is 2.34. The molecule has 4 rings (SSSR count). The normalized spacial score (nSPS) is 11.9. The maximum absolute atomic E-state index is 13.2. The molecule has 32 heavy (non-hydrogen) atoms. The Bertz CT molecular complexity index is 1230. The number of rotatable bonds is 7. The Hall–Kier alpha value is -3.44. The van der Waals surface area contributed by atoms with Crippen LogP contribution in [0.5, 0.6) is 11.5 Å². The number of para-hydroxylation sites is 1. The van der Waals surface area contributed by atoms with Crippen molar-refractivity contribution in [1.29, 1.82) is 0 Å². The second-order valence-electron chi connectivity index (χ2n) is 7.67. The van der Waals surface area contributed by atoms with Gasteiger partial charge in [-0.05, 0) is 54.4 Å². The summed E-state index contributed by atoms with van der Waals surface area (Å²) in [5.74, 6) is 1.24. The smallest absolute Gasteiger partial charge is 0.261 e. The number of methoxy groups -OCH3 is 1. The number of fused-ring (bicyclic) bond motifs is 1. The summed E-state index contributed by atoms with van der Waals surface area (Å²) in [7, 11) is 3.44. The van der Waals surface area contributed by atoms with E-state index in [0.29, 0.717) is 10.8 Å². The van der Waals surface area contributed by atoms with Crippen molar-refractivity contribution in [3.8, 4) is 11.5 Å². The number of carbonyl (C=O) groups is 1. The number of carbonyl (C=O) groups excluding carboxylic acids is 1. The molecule has 0 fully saturated rings. The third-order valence-electron chi connectivity index (χ3n) is 5.62. The maximum atomic E-state index is 13.2. The van der Waals surface area contributed by atoms with E-state index in [1.807, 2.05) is 61.7 Å². The first kappa shape index (κ1) is 21.8. The second-order valence-corrected chi connectivity index (χ2v) is 8.08. The van der Waals surface area contributed by atoms with Gasteiger partial charge in [0.15, 0.2) is 6.61 Å². The van der Waals surface area contributed by atoms with E-state index >= 15 is 0 Å². The molecule has 0 aliphatic carbocycles. The van der Waals surface area contributed by atoms with Gasteiger partial charge in [-0.3, -0.25) is 4.79 Å². The lowest BCUT2D eigenvalue weighted by molar-refractivity contribution is -0.133. The van der Waals surface area contributed by atoms with Crippen molar-refractivity contribution in [2.45, 2.75) is 13.0 Å². The fourth-order valence-corrected chi connectivity index (χ4v) is 3.93. The van der Waals surface area contributed by atoms with Crippen LogP contribution in [0.15, 0.2) is 72.9 Å². The standard InChI is InChI=1S/C26H25ClN2O3/c1-17-14-20(12-13-23(17)27)32-16-25(30)29(2)26(18-8-10-19(31-3)11-9-18)22-15-28-24-7-5-4-6-21(22)24/h4-15,26,28H,16H2,1-3H3. The molecule has 1 heterocycles. The molecule has 0 bridgehead atoms. The van der Waals surface area contributed by atoms with Gasteiger partial charge in [-0.25, -0.2) is 0 Å². The van der Waals surface area contributed by atoms with Gasteiger partial charge in [0.05, 0.1) is 13.2 Å². The molecule has 0 radical (unpaired) electrons. The molecule has 1 amide bonds. The predicted octanol–water partition coefficient (Wildman–Crippen LogP) is 5.77. The van der Waals surface area contributed by atoms with Crippen molar-refractivity contribution in [3.63, 3.8) is 0 Å². The van der Waals surface area contributed by atoms with Crippen LogP contribution in [-0.4, -0.2) is 36.6 Å². The number of amides is 1. The van der Waals surface area contributed by atoms with Crippen LogP contribution in [0, 0.1) is 6.92 Å². The molecule has 5 nitrogen and oxygen atoms in total. The molecule has 0 aliphatic rings. The van der Waals surface area contributed by atoms with Crippen LogP contribution in [0.1, 0.15) is 22.7 Å². The van der Waals surface area contributed by atoms with E-state index in [2.05, 4.69) is 11.1 Å². The van der Waals surface area contributed by atoms with E-state index in [-0.39, 0.29) is 18.6 Å². The van der Waals surface area contributed by atoms with Crippen LogP contribution in [0.25, 0.3) is 10.9 Å². The zero-order valence-corrected chi connectivity index (χ0v) is 19.0. The summed E-state index contributed by atoms with van der Waals surface area (Å²) in [5.41, 5.74) is 3.92. The van der Waals surface area contributed by atoms with Gasteiger partial charge in [0.2, 0.25) is 0 Å². The highest BCUT2D eigenvalue weighted by Gasteiger charge is 2.26. The number of H-pyrrole nitrogens is 1. The summed E-state index contributed by atoms with van der Waals surface area (Å²) in [6, 6.07) is 20.9. The molecule has 1 atom stereocenters. The van der Waals surface area contributed by atoms with Crippen molar-refractivity contribution in [2.24, 2.45) is 0 Å². The first-order valence-electron chi connectivity index (χ1n) is 10.3. The van der Waals surface area contributed by atoms with Crippen LogP contribution in [-0.2, 0) is 4.79 Å². The number of aromatic amines is 1. The Kier molecular flexibility index (Phi) is 6.37. The minimum atomic E-state index is -0.292. The number of nitrogens with zero attached hydrogens (tertiary/aromatic N) is 1. The van der Waals surface area contributed by atoms with Gasteiger partial charge in [-0.15, -0.1) is 0 Å².